The van der Waals surface area contributed by atoms with E-state index in [1.165, 1.54) is 0 Å². The predicted molar refractivity (Wildman–Crippen MR) is 118 cm³/mol. The molecule has 1 N–H and O–H groups in total. The van der Waals surface area contributed by atoms with Gasteiger partial charge in [0, 0.05) is 15.6 Å². The fraction of sp³-hybridized carbons (Fsp3) is 0.0476. The summed E-state index contributed by atoms with van der Waals surface area (Å²) in [6.45, 7) is 0.397. The summed E-state index contributed by atoms with van der Waals surface area (Å²) in [4.78, 5) is 4.49. The van der Waals surface area contributed by atoms with E-state index in [0.717, 1.165) is 26.5 Å². The number of rotatable bonds is 6. The number of fused-ring (bicyclic) bond motifs is 1. The summed E-state index contributed by atoms with van der Waals surface area (Å²) in [6, 6.07) is 20.9. The first kappa shape index (κ1) is 18.7. The van der Waals surface area contributed by atoms with Crippen LogP contribution in [-0.4, -0.2) is 11.2 Å². The highest BCUT2D eigenvalue weighted by Crippen LogP contribution is 2.26. The Balaban J connectivity index is 1.48. The molecule has 4 nitrogen and oxygen atoms in total. The fourth-order valence-corrected chi connectivity index (χ4v) is 3.83. The van der Waals surface area contributed by atoms with Crippen molar-refractivity contribution in [1.82, 2.24) is 4.98 Å². The summed E-state index contributed by atoms with van der Waals surface area (Å²) in [7, 11) is 0. The molecule has 1 aromatic heterocycles. The van der Waals surface area contributed by atoms with Gasteiger partial charge in [-0.3, -0.25) is 5.43 Å². The van der Waals surface area contributed by atoms with E-state index in [-0.39, 0.29) is 0 Å². The maximum absolute atomic E-state index is 6.14. The lowest BCUT2D eigenvalue weighted by molar-refractivity contribution is 0.306. The molecule has 0 bridgehead atoms. The number of nitrogens with one attached hydrogen (secondary N) is 1. The van der Waals surface area contributed by atoms with Crippen molar-refractivity contribution < 1.29 is 4.74 Å². The Morgan fingerprint density at radius 3 is 2.71 bits per heavy atom. The third-order valence-corrected chi connectivity index (χ3v) is 5.32. The highest BCUT2D eigenvalue weighted by atomic mass is 35.5. The number of halogens is 2. The van der Waals surface area contributed by atoms with E-state index >= 15 is 0 Å². The maximum Gasteiger partial charge on any atom is 0.204 e. The molecule has 4 aromatic rings. The molecule has 0 aliphatic carbocycles. The molecule has 0 aliphatic rings. The van der Waals surface area contributed by atoms with Crippen LogP contribution in [0, 0.1) is 0 Å². The van der Waals surface area contributed by atoms with Crippen molar-refractivity contribution in [2.24, 2.45) is 5.10 Å². The summed E-state index contributed by atoms with van der Waals surface area (Å²) in [5.74, 6) is 0.680. The second kappa shape index (κ2) is 8.61. The normalized spacial score (nSPS) is 11.2. The van der Waals surface area contributed by atoms with Gasteiger partial charge in [0.25, 0.3) is 0 Å². The SMILES string of the molecule is Clc1cccc(COc2ccc(Cl)cc2/C=N/Nc2nc3ccccc3s2)c1. The van der Waals surface area contributed by atoms with Crippen LogP contribution in [0.1, 0.15) is 11.1 Å². The van der Waals surface area contributed by atoms with Gasteiger partial charge >= 0.3 is 0 Å². The highest BCUT2D eigenvalue weighted by molar-refractivity contribution is 7.22. The smallest absolute Gasteiger partial charge is 0.204 e. The van der Waals surface area contributed by atoms with Crippen molar-refractivity contribution in [3.63, 3.8) is 0 Å². The van der Waals surface area contributed by atoms with Gasteiger partial charge < -0.3 is 4.74 Å². The molecule has 1 heterocycles. The van der Waals surface area contributed by atoms with Gasteiger partial charge in [-0.05, 0) is 48.0 Å². The number of para-hydroxylation sites is 1. The second-order valence-electron chi connectivity index (χ2n) is 5.96. The maximum atomic E-state index is 6.14. The number of benzene rings is 3. The lowest BCUT2D eigenvalue weighted by Gasteiger charge is -2.10. The van der Waals surface area contributed by atoms with Gasteiger partial charge in [-0.2, -0.15) is 5.10 Å². The lowest BCUT2D eigenvalue weighted by Crippen LogP contribution is -1.99. The van der Waals surface area contributed by atoms with Gasteiger partial charge in [-0.1, -0.05) is 58.8 Å². The third-order valence-electron chi connectivity index (χ3n) is 3.91. The van der Waals surface area contributed by atoms with Crippen LogP contribution in [0.4, 0.5) is 5.13 Å². The molecule has 0 fully saturated rings. The molecule has 0 aliphatic heterocycles. The standard InChI is InChI=1S/C21H15Cl2N3OS/c22-16-5-3-4-14(10-16)13-27-19-9-8-17(23)11-15(19)12-24-26-21-25-18-6-1-2-7-20(18)28-21/h1-12H,13H2,(H,25,26)/b24-12+. The van der Waals surface area contributed by atoms with Crippen LogP contribution in [0.25, 0.3) is 10.2 Å². The van der Waals surface area contributed by atoms with Crippen LogP contribution in [0.15, 0.2) is 71.8 Å². The molecule has 3 aromatic carbocycles. The molecule has 4 rings (SSSR count). The molecule has 0 atom stereocenters. The number of anilines is 1. The van der Waals surface area contributed by atoms with Crippen LogP contribution in [-0.2, 0) is 6.61 Å². The topological polar surface area (TPSA) is 46.5 Å². The molecule has 0 spiro atoms. The Morgan fingerprint density at radius 1 is 1.00 bits per heavy atom. The minimum Gasteiger partial charge on any atom is -0.488 e. The second-order valence-corrected chi connectivity index (χ2v) is 7.86. The Morgan fingerprint density at radius 2 is 1.86 bits per heavy atom. The van der Waals surface area contributed by atoms with Crippen LogP contribution in [0.5, 0.6) is 5.75 Å². The average Bonchev–Trinajstić information content (AvgIpc) is 3.10. The van der Waals surface area contributed by atoms with E-state index in [0.29, 0.717) is 22.4 Å². The van der Waals surface area contributed by atoms with Crippen molar-refractivity contribution in [3.8, 4) is 5.75 Å². The zero-order valence-corrected chi connectivity index (χ0v) is 16.9. The minimum absolute atomic E-state index is 0.397. The molecule has 7 heteroatoms. The predicted octanol–water partition coefficient (Wildman–Crippen LogP) is 6.63. The number of hydrogen-bond acceptors (Lipinski definition) is 5. The number of aromatic nitrogens is 1. The molecular formula is C21H15Cl2N3OS. The van der Waals surface area contributed by atoms with Crippen molar-refractivity contribution in [1.29, 1.82) is 0 Å². The van der Waals surface area contributed by atoms with Gasteiger partial charge in [0.05, 0.1) is 16.4 Å². The molecule has 0 saturated heterocycles. The molecule has 0 radical (unpaired) electrons. The summed E-state index contributed by atoms with van der Waals surface area (Å²) in [6.07, 6.45) is 1.67. The third kappa shape index (κ3) is 4.62. The molecular weight excluding hydrogens is 413 g/mol. The van der Waals surface area contributed by atoms with Crippen molar-refractivity contribution >= 4 is 56.1 Å². The van der Waals surface area contributed by atoms with E-state index in [1.54, 1.807) is 29.7 Å². The average molecular weight is 428 g/mol. The number of thiazole rings is 1. The van der Waals surface area contributed by atoms with Crippen molar-refractivity contribution in [3.05, 3.63) is 87.9 Å². The largest absolute Gasteiger partial charge is 0.488 e. The Kier molecular flexibility index (Phi) is 5.76. The zero-order chi connectivity index (χ0) is 19.3. The first-order valence-electron chi connectivity index (χ1n) is 8.49. The van der Waals surface area contributed by atoms with Gasteiger partial charge in [0.2, 0.25) is 5.13 Å². The van der Waals surface area contributed by atoms with E-state index < -0.39 is 0 Å². The molecule has 0 amide bonds. The van der Waals surface area contributed by atoms with Crippen LogP contribution < -0.4 is 10.2 Å². The summed E-state index contributed by atoms with van der Waals surface area (Å²) < 4.78 is 7.04. The van der Waals surface area contributed by atoms with Gasteiger partial charge in [0.1, 0.15) is 12.4 Å². The first-order valence-corrected chi connectivity index (χ1v) is 10.1. The Bertz CT molecular complexity index is 1110. The number of hydrogen-bond donors (Lipinski definition) is 1. The quantitative estimate of drug-likeness (QED) is 0.277. The Hall–Kier alpha value is -2.60. The lowest BCUT2D eigenvalue weighted by atomic mass is 10.2. The van der Waals surface area contributed by atoms with Crippen LogP contribution in [0.3, 0.4) is 0 Å². The summed E-state index contributed by atoms with van der Waals surface area (Å²) in [5.41, 5.74) is 5.67. The summed E-state index contributed by atoms with van der Waals surface area (Å²) in [5, 5.41) is 6.30. The van der Waals surface area contributed by atoms with Crippen molar-refractivity contribution in [2.75, 3.05) is 5.43 Å². The van der Waals surface area contributed by atoms with Gasteiger partial charge in [-0.15, -0.1) is 0 Å². The molecule has 28 heavy (non-hydrogen) atoms. The number of ether oxygens (including phenoxy) is 1. The summed E-state index contributed by atoms with van der Waals surface area (Å²) >= 11 is 13.7. The minimum atomic E-state index is 0.397. The number of hydrazone groups is 1. The van der Waals surface area contributed by atoms with E-state index in [4.69, 9.17) is 27.9 Å². The number of nitrogens with zero attached hydrogens (tertiary/aromatic N) is 2. The monoisotopic (exact) mass is 427 g/mol. The Labute approximate surface area is 176 Å². The van der Waals surface area contributed by atoms with E-state index in [1.807, 2.05) is 54.6 Å². The van der Waals surface area contributed by atoms with Gasteiger partial charge in [-0.25, -0.2) is 4.98 Å². The highest BCUT2D eigenvalue weighted by Gasteiger charge is 2.05. The molecule has 140 valence electrons. The van der Waals surface area contributed by atoms with E-state index in [2.05, 4.69) is 15.5 Å². The van der Waals surface area contributed by atoms with Crippen LogP contribution in [0.2, 0.25) is 10.0 Å². The fourth-order valence-electron chi connectivity index (χ4n) is 2.62. The zero-order valence-electron chi connectivity index (χ0n) is 14.6. The molecule has 0 saturated carbocycles. The van der Waals surface area contributed by atoms with Crippen molar-refractivity contribution in [2.45, 2.75) is 6.61 Å². The first-order chi connectivity index (χ1) is 13.7. The molecule has 0 unspecified atom stereocenters. The van der Waals surface area contributed by atoms with E-state index in [9.17, 15) is 0 Å². The van der Waals surface area contributed by atoms with Crippen LogP contribution >= 0.6 is 34.5 Å². The van der Waals surface area contributed by atoms with Gasteiger partial charge in [0.15, 0.2) is 0 Å².